The van der Waals surface area contributed by atoms with Crippen LogP contribution in [0.5, 0.6) is 0 Å². The van der Waals surface area contributed by atoms with Crippen molar-refractivity contribution in [2.75, 3.05) is 29.0 Å². The van der Waals surface area contributed by atoms with Gasteiger partial charge in [0, 0.05) is 30.2 Å². The van der Waals surface area contributed by atoms with Gasteiger partial charge < -0.3 is 21.3 Å². The van der Waals surface area contributed by atoms with E-state index in [0.29, 0.717) is 41.7 Å². The number of sulfonamides is 1. The molecule has 1 aromatic heterocycles. The first-order chi connectivity index (χ1) is 17.4. The molecule has 1 aliphatic heterocycles. The van der Waals surface area contributed by atoms with Crippen LogP contribution in [0.4, 0.5) is 33.6 Å². The number of benzene rings is 2. The maximum Gasteiger partial charge on any atom is 0.319 e. The van der Waals surface area contributed by atoms with E-state index >= 15 is 0 Å². The van der Waals surface area contributed by atoms with Crippen LogP contribution in [0.3, 0.4) is 0 Å². The predicted molar refractivity (Wildman–Crippen MR) is 141 cm³/mol. The standard InChI is InChI=1S/C24H26ClN7O3S/c25-20-14-27-23-30-17-3-1-2-15(12-17)4-5-16-13-18(29-22(20)32-23)6-9-21(16)31-24(33)26-10-11-28-36(34,35)19-7-8-19/h1-3,6,9,12-14,19,28H,4-5,7-8,10-11H2,(H2,26,31,33)(H2,27,29,30,32). The third-order valence-corrected chi connectivity index (χ3v) is 8.14. The van der Waals surface area contributed by atoms with Gasteiger partial charge in [0.2, 0.25) is 16.0 Å². The smallest absolute Gasteiger partial charge is 0.319 e. The first kappa shape index (κ1) is 24.3. The lowest BCUT2D eigenvalue weighted by Crippen LogP contribution is -2.38. The summed E-state index contributed by atoms with van der Waals surface area (Å²) < 4.78 is 26.3. The maximum atomic E-state index is 12.5. The molecule has 0 saturated heterocycles. The number of anilines is 5. The molecule has 2 aliphatic rings. The van der Waals surface area contributed by atoms with Gasteiger partial charge in [-0.1, -0.05) is 23.7 Å². The zero-order valence-corrected chi connectivity index (χ0v) is 20.9. The van der Waals surface area contributed by atoms with Crippen LogP contribution >= 0.6 is 11.6 Å². The molecule has 2 heterocycles. The fraction of sp³-hybridized carbons (Fsp3) is 0.292. The SMILES string of the molecule is O=C(NCCNS(=O)(=O)C1CC1)Nc1ccc2cc1CCc1cccc(c1)Nc1ncc(Cl)c(n1)N2. The lowest BCUT2D eigenvalue weighted by Gasteiger charge is -2.15. The van der Waals surface area contributed by atoms with Gasteiger partial charge in [-0.25, -0.2) is 22.9 Å². The van der Waals surface area contributed by atoms with Gasteiger partial charge >= 0.3 is 6.03 Å². The van der Waals surface area contributed by atoms with Crippen molar-refractivity contribution in [2.45, 2.75) is 30.9 Å². The molecule has 0 radical (unpaired) electrons. The average Bonchev–Trinajstić information content (AvgIpc) is 3.70. The van der Waals surface area contributed by atoms with E-state index in [0.717, 1.165) is 28.9 Å². The summed E-state index contributed by atoms with van der Waals surface area (Å²) in [7, 11) is -3.27. The summed E-state index contributed by atoms with van der Waals surface area (Å²) in [4.78, 5) is 21.3. The van der Waals surface area contributed by atoms with Crippen molar-refractivity contribution in [1.29, 1.82) is 0 Å². The summed E-state index contributed by atoms with van der Waals surface area (Å²) >= 11 is 6.32. The first-order valence-electron chi connectivity index (χ1n) is 11.7. The Labute approximate surface area is 214 Å². The summed E-state index contributed by atoms with van der Waals surface area (Å²) in [5.41, 5.74) is 4.33. The third-order valence-electron chi connectivity index (χ3n) is 5.90. The molecule has 36 heavy (non-hydrogen) atoms. The third kappa shape index (κ3) is 6.04. The molecular formula is C24H26ClN7O3S. The molecule has 5 rings (SSSR count). The Morgan fingerprint density at radius 3 is 2.72 bits per heavy atom. The lowest BCUT2D eigenvalue weighted by atomic mass is 10.0. The minimum absolute atomic E-state index is 0.147. The number of aromatic nitrogens is 2. The van der Waals surface area contributed by atoms with Crippen LogP contribution < -0.4 is 26.0 Å². The summed E-state index contributed by atoms with van der Waals surface area (Å²) in [6.45, 7) is 0.328. The van der Waals surface area contributed by atoms with Crippen LogP contribution in [-0.4, -0.2) is 42.8 Å². The Balaban J connectivity index is 1.32. The Kier molecular flexibility index (Phi) is 6.95. The van der Waals surface area contributed by atoms with E-state index in [1.54, 1.807) is 0 Å². The van der Waals surface area contributed by atoms with Gasteiger partial charge in [0.05, 0.1) is 11.4 Å². The molecule has 2 amide bonds. The fourth-order valence-corrected chi connectivity index (χ4v) is 5.41. The van der Waals surface area contributed by atoms with Crippen molar-refractivity contribution >= 4 is 56.5 Å². The number of carbonyl (C=O) groups is 1. The van der Waals surface area contributed by atoms with Crippen molar-refractivity contribution in [3.63, 3.8) is 0 Å². The van der Waals surface area contributed by atoms with Crippen molar-refractivity contribution in [3.05, 3.63) is 64.8 Å². The number of nitrogens with one attached hydrogen (secondary N) is 5. The van der Waals surface area contributed by atoms with E-state index in [1.807, 2.05) is 42.5 Å². The number of hydrogen-bond acceptors (Lipinski definition) is 7. The van der Waals surface area contributed by atoms with Gasteiger partial charge in [-0.05, 0) is 67.1 Å². The molecule has 1 aliphatic carbocycles. The topological polar surface area (TPSA) is 137 Å². The van der Waals surface area contributed by atoms with Gasteiger partial charge in [0.25, 0.3) is 0 Å². The van der Waals surface area contributed by atoms with Crippen molar-refractivity contribution in [1.82, 2.24) is 20.0 Å². The number of halogens is 1. The van der Waals surface area contributed by atoms with Gasteiger partial charge in [0.15, 0.2) is 5.82 Å². The van der Waals surface area contributed by atoms with Crippen LogP contribution in [-0.2, 0) is 22.9 Å². The van der Waals surface area contributed by atoms with E-state index in [9.17, 15) is 13.2 Å². The van der Waals surface area contributed by atoms with Gasteiger partial charge in [-0.3, -0.25) is 0 Å². The molecule has 10 nitrogen and oxygen atoms in total. The van der Waals surface area contributed by atoms with E-state index in [-0.39, 0.29) is 18.3 Å². The van der Waals surface area contributed by atoms with Crippen LogP contribution in [0, 0.1) is 0 Å². The Morgan fingerprint density at radius 2 is 1.89 bits per heavy atom. The molecule has 3 aromatic rings. The molecule has 0 spiro atoms. The minimum Gasteiger partial charge on any atom is -0.339 e. The predicted octanol–water partition coefficient (Wildman–Crippen LogP) is 3.92. The van der Waals surface area contributed by atoms with E-state index in [2.05, 4.69) is 36.0 Å². The van der Waals surface area contributed by atoms with E-state index in [1.165, 1.54) is 6.20 Å². The van der Waals surface area contributed by atoms with Gasteiger partial charge in [-0.15, -0.1) is 0 Å². The molecule has 6 bridgehead atoms. The fourth-order valence-electron chi connectivity index (χ4n) is 3.90. The number of rotatable bonds is 6. The Bertz CT molecular complexity index is 1400. The highest BCUT2D eigenvalue weighted by atomic mass is 35.5. The van der Waals surface area contributed by atoms with Gasteiger partial charge in [-0.2, -0.15) is 4.98 Å². The van der Waals surface area contributed by atoms with Crippen molar-refractivity contribution in [3.8, 4) is 0 Å². The van der Waals surface area contributed by atoms with E-state index < -0.39 is 16.1 Å². The number of urea groups is 1. The van der Waals surface area contributed by atoms with Crippen LogP contribution in [0.15, 0.2) is 48.7 Å². The zero-order chi connectivity index (χ0) is 25.1. The minimum atomic E-state index is -3.27. The molecule has 12 heteroatoms. The molecular weight excluding hydrogens is 502 g/mol. The normalized spacial score (nSPS) is 14.8. The van der Waals surface area contributed by atoms with Crippen LogP contribution in [0.2, 0.25) is 5.02 Å². The van der Waals surface area contributed by atoms with Crippen LogP contribution in [0.25, 0.3) is 0 Å². The number of nitrogens with zero attached hydrogens (tertiary/aromatic N) is 2. The van der Waals surface area contributed by atoms with Crippen molar-refractivity contribution < 1.29 is 13.2 Å². The average molecular weight is 528 g/mol. The molecule has 1 saturated carbocycles. The van der Waals surface area contributed by atoms with Crippen LogP contribution in [0.1, 0.15) is 24.0 Å². The maximum absolute atomic E-state index is 12.5. The molecule has 5 N–H and O–H groups in total. The molecule has 188 valence electrons. The van der Waals surface area contributed by atoms with Gasteiger partial charge in [0.1, 0.15) is 5.02 Å². The second-order valence-corrected chi connectivity index (χ2v) is 11.2. The second-order valence-electron chi connectivity index (χ2n) is 8.73. The monoisotopic (exact) mass is 527 g/mol. The Morgan fingerprint density at radius 1 is 1.06 bits per heavy atom. The molecule has 0 unspecified atom stereocenters. The highest BCUT2D eigenvalue weighted by Crippen LogP contribution is 2.29. The largest absolute Gasteiger partial charge is 0.339 e. The Hall–Kier alpha value is -3.41. The number of hydrogen-bond donors (Lipinski definition) is 5. The molecule has 1 fully saturated rings. The summed E-state index contributed by atoms with van der Waals surface area (Å²) in [6, 6.07) is 13.2. The number of aryl methyl sites for hydroxylation is 2. The highest BCUT2D eigenvalue weighted by Gasteiger charge is 2.35. The summed E-state index contributed by atoms with van der Waals surface area (Å²) in [5, 5.41) is 12.1. The second kappa shape index (κ2) is 10.3. The number of carbonyl (C=O) groups excluding carboxylic acids is 1. The summed E-state index contributed by atoms with van der Waals surface area (Å²) in [6.07, 6.45) is 4.35. The highest BCUT2D eigenvalue weighted by molar-refractivity contribution is 7.90. The number of amides is 2. The quantitative estimate of drug-likeness (QED) is 0.306. The van der Waals surface area contributed by atoms with E-state index in [4.69, 9.17) is 11.6 Å². The lowest BCUT2D eigenvalue weighted by molar-refractivity contribution is 0.252. The van der Waals surface area contributed by atoms with Crippen molar-refractivity contribution in [2.24, 2.45) is 0 Å². The molecule has 0 atom stereocenters. The molecule has 2 aromatic carbocycles. The zero-order valence-electron chi connectivity index (χ0n) is 19.3. The number of fused-ring (bicyclic) bond motifs is 6. The summed E-state index contributed by atoms with van der Waals surface area (Å²) in [5.74, 6) is 0.885. The first-order valence-corrected chi connectivity index (χ1v) is 13.6.